The van der Waals surface area contributed by atoms with Crippen LogP contribution in [-0.2, 0) is 0 Å². The van der Waals surface area contributed by atoms with E-state index in [-0.39, 0.29) is 0 Å². The standard InChI is InChI=1S/C15H23NOS/c1-10-9-13(17-4)11(2)8-12(10)15(16-3)14-6-5-7-18-14/h8-9,14-16H,5-7H2,1-4H3. The number of thioether (sulfide) groups is 1. The van der Waals surface area contributed by atoms with Gasteiger partial charge in [-0.25, -0.2) is 0 Å². The third kappa shape index (κ3) is 2.67. The lowest BCUT2D eigenvalue weighted by Gasteiger charge is -2.25. The highest BCUT2D eigenvalue weighted by Crippen LogP contribution is 2.38. The highest BCUT2D eigenvalue weighted by Gasteiger charge is 2.27. The van der Waals surface area contributed by atoms with Crippen molar-refractivity contribution in [1.82, 2.24) is 5.32 Å². The molecule has 1 N–H and O–H groups in total. The van der Waals surface area contributed by atoms with Crippen molar-refractivity contribution in [3.8, 4) is 5.75 Å². The minimum atomic E-state index is 0.460. The lowest BCUT2D eigenvalue weighted by Crippen LogP contribution is -2.26. The van der Waals surface area contributed by atoms with Crippen molar-refractivity contribution in [2.75, 3.05) is 19.9 Å². The molecule has 18 heavy (non-hydrogen) atoms. The molecule has 0 amide bonds. The van der Waals surface area contributed by atoms with Gasteiger partial charge < -0.3 is 10.1 Å². The molecule has 1 aliphatic rings. The zero-order chi connectivity index (χ0) is 13.1. The van der Waals surface area contributed by atoms with Crippen molar-refractivity contribution >= 4 is 11.8 Å². The van der Waals surface area contributed by atoms with Gasteiger partial charge in [0.2, 0.25) is 0 Å². The monoisotopic (exact) mass is 265 g/mol. The summed E-state index contributed by atoms with van der Waals surface area (Å²) in [6.07, 6.45) is 2.67. The van der Waals surface area contributed by atoms with E-state index in [9.17, 15) is 0 Å². The number of aryl methyl sites for hydroxylation is 2. The average Bonchev–Trinajstić information content (AvgIpc) is 2.87. The fraction of sp³-hybridized carbons (Fsp3) is 0.600. The Kier molecular flexibility index (Phi) is 4.57. The van der Waals surface area contributed by atoms with Gasteiger partial charge in [0.05, 0.1) is 7.11 Å². The zero-order valence-electron chi connectivity index (χ0n) is 11.7. The minimum absolute atomic E-state index is 0.460. The molecule has 0 bridgehead atoms. The van der Waals surface area contributed by atoms with Crippen molar-refractivity contribution in [2.24, 2.45) is 0 Å². The van der Waals surface area contributed by atoms with E-state index >= 15 is 0 Å². The Hall–Kier alpha value is -0.670. The van der Waals surface area contributed by atoms with Crippen LogP contribution in [0.25, 0.3) is 0 Å². The van der Waals surface area contributed by atoms with Gasteiger partial charge in [-0.05, 0) is 62.2 Å². The van der Waals surface area contributed by atoms with Gasteiger partial charge >= 0.3 is 0 Å². The van der Waals surface area contributed by atoms with Crippen LogP contribution in [0.1, 0.15) is 35.6 Å². The molecule has 1 aromatic carbocycles. The SMILES string of the molecule is CNC(c1cc(C)c(OC)cc1C)C1CCCS1. The third-order valence-corrected chi connectivity index (χ3v) is 5.23. The van der Waals surface area contributed by atoms with E-state index in [0.29, 0.717) is 11.3 Å². The van der Waals surface area contributed by atoms with Crippen LogP contribution >= 0.6 is 11.8 Å². The van der Waals surface area contributed by atoms with Gasteiger partial charge in [0.25, 0.3) is 0 Å². The van der Waals surface area contributed by atoms with Crippen molar-refractivity contribution in [2.45, 2.75) is 38.0 Å². The highest BCUT2D eigenvalue weighted by molar-refractivity contribution is 8.00. The van der Waals surface area contributed by atoms with Gasteiger partial charge in [0.1, 0.15) is 5.75 Å². The Balaban J connectivity index is 2.32. The molecule has 2 unspecified atom stereocenters. The first-order valence-corrected chi connectivity index (χ1v) is 7.66. The van der Waals surface area contributed by atoms with Crippen molar-refractivity contribution in [3.63, 3.8) is 0 Å². The number of methoxy groups -OCH3 is 1. The second-order valence-corrected chi connectivity index (χ2v) is 6.34. The molecule has 0 radical (unpaired) electrons. The molecule has 1 aliphatic heterocycles. The van der Waals surface area contributed by atoms with E-state index in [2.05, 4.69) is 50.1 Å². The van der Waals surface area contributed by atoms with Gasteiger partial charge in [-0.2, -0.15) is 11.8 Å². The summed E-state index contributed by atoms with van der Waals surface area (Å²) in [7, 11) is 3.81. The summed E-state index contributed by atoms with van der Waals surface area (Å²) in [5.74, 6) is 2.29. The Morgan fingerprint density at radius 1 is 1.33 bits per heavy atom. The Bertz CT molecular complexity index is 413. The lowest BCUT2D eigenvalue weighted by atomic mass is 9.94. The van der Waals surface area contributed by atoms with Crippen molar-refractivity contribution in [1.29, 1.82) is 0 Å². The number of nitrogens with one attached hydrogen (secondary N) is 1. The fourth-order valence-corrected chi connectivity index (χ4v) is 4.22. The zero-order valence-corrected chi connectivity index (χ0v) is 12.6. The van der Waals surface area contributed by atoms with E-state index in [1.54, 1.807) is 7.11 Å². The van der Waals surface area contributed by atoms with Crippen LogP contribution in [0.5, 0.6) is 5.75 Å². The molecule has 0 saturated carbocycles. The predicted octanol–water partition coefficient (Wildman–Crippen LogP) is 3.47. The molecule has 1 saturated heterocycles. The van der Waals surface area contributed by atoms with Crippen LogP contribution in [0.2, 0.25) is 0 Å². The summed E-state index contributed by atoms with van der Waals surface area (Å²) in [4.78, 5) is 0. The van der Waals surface area contributed by atoms with Crippen LogP contribution < -0.4 is 10.1 Å². The van der Waals surface area contributed by atoms with Gasteiger partial charge in [-0.3, -0.25) is 0 Å². The average molecular weight is 265 g/mol. The molecule has 1 fully saturated rings. The summed E-state index contributed by atoms with van der Waals surface area (Å²) >= 11 is 2.10. The van der Waals surface area contributed by atoms with E-state index in [0.717, 1.165) is 5.75 Å². The maximum absolute atomic E-state index is 5.39. The first-order chi connectivity index (χ1) is 8.67. The molecule has 0 spiro atoms. The summed E-state index contributed by atoms with van der Waals surface area (Å²) in [6.45, 7) is 4.30. The fourth-order valence-electron chi connectivity index (χ4n) is 2.77. The van der Waals surface area contributed by atoms with E-state index in [1.807, 2.05) is 0 Å². The largest absolute Gasteiger partial charge is 0.496 e. The molecule has 3 heteroatoms. The van der Waals surface area contributed by atoms with Gasteiger partial charge in [-0.1, -0.05) is 6.07 Å². The normalized spacial score (nSPS) is 21.0. The number of benzene rings is 1. The smallest absolute Gasteiger partial charge is 0.122 e. The maximum atomic E-state index is 5.39. The lowest BCUT2D eigenvalue weighted by molar-refractivity contribution is 0.410. The molecule has 100 valence electrons. The van der Waals surface area contributed by atoms with E-state index < -0.39 is 0 Å². The van der Waals surface area contributed by atoms with Gasteiger partial charge in [-0.15, -0.1) is 0 Å². The van der Waals surface area contributed by atoms with Gasteiger partial charge in [0, 0.05) is 11.3 Å². The Morgan fingerprint density at radius 3 is 2.67 bits per heavy atom. The van der Waals surface area contributed by atoms with Crippen LogP contribution in [-0.4, -0.2) is 25.2 Å². The van der Waals surface area contributed by atoms with E-state index in [4.69, 9.17) is 4.74 Å². The third-order valence-electron chi connectivity index (χ3n) is 3.77. The molecule has 2 rings (SSSR count). The number of hydrogen-bond acceptors (Lipinski definition) is 3. The quantitative estimate of drug-likeness (QED) is 0.900. The number of rotatable bonds is 4. The summed E-state index contributed by atoms with van der Waals surface area (Å²) in [6, 6.07) is 4.91. The molecular formula is C15H23NOS. The van der Waals surface area contributed by atoms with Crippen LogP contribution in [0.4, 0.5) is 0 Å². The molecule has 2 atom stereocenters. The highest BCUT2D eigenvalue weighted by atomic mass is 32.2. The number of hydrogen-bond donors (Lipinski definition) is 1. The molecular weight excluding hydrogens is 242 g/mol. The number of ether oxygens (including phenoxy) is 1. The molecule has 2 nitrogen and oxygen atoms in total. The first kappa shape index (κ1) is 13.8. The Morgan fingerprint density at radius 2 is 2.11 bits per heavy atom. The van der Waals surface area contributed by atoms with E-state index in [1.165, 1.54) is 35.3 Å². The second-order valence-electron chi connectivity index (χ2n) is 5.00. The maximum Gasteiger partial charge on any atom is 0.122 e. The first-order valence-electron chi connectivity index (χ1n) is 6.61. The molecule has 1 heterocycles. The summed E-state index contributed by atoms with van der Waals surface area (Å²) in [5, 5.41) is 4.21. The topological polar surface area (TPSA) is 21.3 Å². The molecule has 1 aromatic rings. The van der Waals surface area contributed by atoms with Crippen molar-refractivity contribution < 1.29 is 4.74 Å². The predicted molar refractivity (Wildman–Crippen MR) is 79.7 cm³/mol. The summed E-state index contributed by atoms with van der Waals surface area (Å²) in [5.41, 5.74) is 3.97. The van der Waals surface area contributed by atoms with Crippen LogP contribution in [0.15, 0.2) is 12.1 Å². The van der Waals surface area contributed by atoms with Crippen LogP contribution in [0.3, 0.4) is 0 Å². The van der Waals surface area contributed by atoms with Crippen LogP contribution in [0, 0.1) is 13.8 Å². The molecule has 0 aliphatic carbocycles. The molecule has 0 aromatic heterocycles. The minimum Gasteiger partial charge on any atom is -0.496 e. The Labute approximate surface area is 114 Å². The van der Waals surface area contributed by atoms with Crippen molar-refractivity contribution in [3.05, 3.63) is 28.8 Å². The summed E-state index contributed by atoms with van der Waals surface area (Å²) < 4.78 is 5.39. The van der Waals surface area contributed by atoms with Gasteiger partial charge in [0.15, 0.2) is 0 Å². The second kappa shape index (κ2) is 5.98.